The van der Waals surface area contributed by atoms with E-state index in [-0.39, 0.29) is 0 Å². The summed E-state index contributed by atoms with van der Waals surface area (Å²) in [6, 6.07) is 0. The van der Waals surface area contributed by atoms with E-state index in [4.69, 9.17) is 0 Å². The molecule has 1 aromatic rings. The highest BCUT2D eigenvalue weighted by Crippen LogP contribution is 2.09. The molecule has 0 aliphatic rings. The van der Waals surface area contributed by atoms with Crippen molar-refractivity contribution in [2.45, 2.75) is 33.7 Å². The molecule has 0 amide bonds. The molecule has 0 aromatic carbocycles. The standard InChI is InChI=1S/C12H23N3/c1-10(2)5-12-7-14-9-15(12)8-11(3)6-13-4/h7,9-11,13H,5-6,8H2,1-4H3. The van der Waals surface area contributed by atoms with Crippen LogP contribution in [0.3, 0.4) is 0 Å². The van der Waals surface area contributed by atoms with Gasteiger partial charge in [-0.3, -0.25) is 0 Å². The molecule has 1 unspecified atom stereocenters. The van der Waals surface area contributed by atoms with Crippen LogP contribution >= 0.6 is 0 Å². The summed E-state index contributed by atoms with van der Waals surface area (Å²) in [6.07, 6.45) is 5.06. The largest absolute Gasteiger partial charge is 0.334 e. The lowest BCUT2D eigenvalue weighted by atomic mass is 10.1. The van der Waals surface area contributed by atoms with Crippen LogP contribution in [0.25, 0.3) is 0 Å². The Hall–Kier alpha value is -0.830. The number of hydrogen-bond donors (Lipinski definition) is 1. The zero-order valence-electron chi connectivity index (χ0n) is 10.3. The Morgan fingerprint density at radius 1 is 1.40 bits per heavy atom. The summed E-state index contributed by atoms with van der Waals surface area (Å²) in [4.78, 5) is 4.23. The average molecular weight is 209 g/mol. The molecule has 0 saturated carbocycles. The van der Waals surface area contributed by atoms with Crippen LogP contribution in [0.2, 0.25) is 0 Å². The third-order valence-corrected chi connectivity index (χ3v) is 2.48. The first-order valence-corrected chi connectivity index (χ1v) is 5.77. The predicted octanol–water partition coefficient (Wildman–Crippen LogP) is 1.94. The molecular formula is C12H23N3. The first kappa shape index (κ1) is 12.2. The minimum absolute atomic E-state index is 0.648. The number of aromatic nitrogens is 2. The van der Waals surface area contributed by atoms with Gasteiger partial charge in [0.2, 0.25) is 0 Å². The highest BCUT2D eigenvalue weighted by Gasteiger charge is 2.07. The predicted molar refractivity (Wildman–Crippen MR) is 63.9 cm³/mol. The van der Waals surface area contributed by atoms with Gasteiger partial charge in [0.1, 0.15) is 0 Å². The molecule has 3 nitrogen and oxygen atoms in total. The Morgan fingerprint density at radius 2 is 2.13 bits per heavy atom. The van der Waals surface area contributed by atoms with Crippen molar-refractivity contribution in [3.8, 4) is 0 Å². The molecule has 1 rings (SSSR count). The summed E-state index contributed by atoms with van der Waals surface area (Å²) in [5.41, 5.74) is 1.35. The lowest BCUT2D eigenvalue weighted by molar-refractivity contribution is 0.447. The zero-order valence-corrected chi connectivity index (χ0v) is 10.3. The van der Waals surface area contributed by atoms with Crippen LogP contribution in [0.5, 0.6) is 0 Å². The number of nitrogens with zero attached hydrogens (tertiary/aromatic N) is 2. The second-order valence-electron chi connectivity index (χ2n) is 4.80. The fourth-order valence-corrected chi connectivity index (χ4v) is 1.85. The summed E-state index contributed by atoms with van der Waals surface area (Å²) in [6.45, 7) is 8.86. The molecule has 1 heterocycles. The maximum Gasteiger partial charge on any atom is 0.0948 e. The van der Waals surface area contributed by atoms with E-state index in [1.54, 1.807) is 0 Å². The molecule has 0 aliphatic carbocycles. The van der Waals surface area contributed by atoms with Crippen molar-refractivity contribution in [3.05, 3.63) is 18.2 Å². The molecule has 0 aliphatic heterocycles. The average Bonchev–Trinajstić information content (AvgIpc) is 2.52. The van der Waals surface area contributed by atoms with Crippen LogP contribution in [-0.4, -0.2) is 23.1 Å². The summed E-state index contributed by atoms with van der Waals surface area (Å²) >= 11 is 0. The minimum atomic E-state index is 0.648. The normalized spacial score (nSPS) is 13.4. The maximum absolute atomic E-state index is 4.23. The summed E-state index contributed by atoms with van der Waals surface area (Å²) in [7, 11) is 2.00. The van der Waals surface area contributed by atoms with Crippen molar-refractivity contribution < 1.29 is 0 Å². The van der Waals surface area contributed by atoms with Gasteiger partial charge >= 0.3 is 0 Å². The van der Waals surface area contributed by atoms with Gasteiger partial charge in [0, 0.05) is 18.4 Å². The first-order chi connectivity index (χ1) is 7.13. The van der Waals surface area contributed by atoms with Crippen molar-refractivity contribution >= 4 is 0 Å². The van der Waals surface area contributed by atoms with E-state index >= 15 is 0 Å². The highest BCUT2D eigenvalue weighted by atomic mass is 15.0. The molecule has 1 aromatic heterocycles. The lowest BCUT2D eigenvalue weighted by Gasteiger charge is -2.15. The Kier molecular flexibility index (Phi) is 4.82. The second kappa shape index (κ2) is 5.91. The molecule has 15 heavy (non-hydrogen) atoms. The van der Waals surface area contributed by atoms with Gasteiger partial charge in [0.15, 0.2) is 0 Å². The first-order valence-electron chi connectivity index (χ1n) is 5.77. The maximum atomic E-state index is 4.23. The van der Waals surface area contributed by atoms with Crippen molar-refractivity contribution in [2.24, 2.45) is 11.8 Å². The monoisotopic (exact) mass is 209 g/mol. The topological polar surface area (TPSA) is 29.9 Å². The molecule has 0 spiro atoms. The summed E-state index contributed by atoms with van der Waals surface area (Å²) < 4.78 is 2.28. The SMILES string of the molecule is CNCC(C)Cn1cncc1CC(C)C. The van der Waals surface area contributed by atoms with Gasteiger partial charge in [-0.25, -0.2) is 4.98 Å². The van der Waals surface area contributed by atoms with Gasteiger partial charge in [0.05, 0.1) is 6.33 Å². The molecule has 86 valence electrons. The van der Waals surface area contributed by atoms with E-state index in [2.05, 4.69) is 35.6 Å². The van der Waals surface area contributed by atoms with Gasteiger partial charge in [-0.15, -0.1) is 0 Å². The molecule has 1 atom stereocenters. The van der Waals surface area contributed by atoms with E-state index in [0.717, 1.165) is 19.5 Å². The fourth-order valence-electron chi connectivity index (χ4n) is 1.85. The van der Waals surface area contributed by atoms with Crippen molar-refractivity contribution in [3.63, 3.8) is 0 Å². The van der Waals surface area contributed by atoms with E-state index in [0.29, 0.717) is 11.8 Å². The van der Waals surface area contributed by atoms with Crippen molar-refractivity contribution in [2.75, 3.05) is 13.6 Å². The van der Waals surface area contributed by atoms with Crippen LogP contribution in [0, 0.1) is 11.8 Å². The number of rotatable bonds is 6. The Balaban J connectivity index is 2.56. The van der Waals surface area contributed by atoms with Crippen LogP contribution in [-0.2, 0) is 13.0 Å². The highest BCUT2D eigenvalue weighted by molar-refractivity contribution is 4.99. The molecular weight excluding hydrogens is 186 g/mol. The zero-order chi connectivity index (χ0) is 11.3. The second-order valence-corrected chi connectivity index (χ2v) is 4.80. The number of hydrogen-bond acceptors (Lipinski definition) is 2. The molecule has 0 fully saturated rings. The molecule has 0 bridgehead atoms. The molecule has 0 saturated heterocycles. The van der Waals surface area contributed by atoms with Gasteiger partial charge in [-0.1, -0.05) is 20.8 Å². The summed E-state index contributed by atoms with van der Waals surface area (Å²) in [5, 5.41) is 3.21. The van der Waals surface area contributed by atoms with Crippen molar-refractivity contribution in [1.82, 2.24) is 14.9 Å². The van der Waals surface area contributed by atoms with E-state index in [1.807, 2.05) is 19.6 Å². The molecule has 3 heteroatoms. The smallest absolute Gasteiger partial charge is 0.0948 e. The molecule has 0 radical (unpaired) electrons. The Morgan fingerprint density at radius 3 is 2.73 bits per heavy atom. The van der Waals surface area contributed by atoms with Gasteiger partial charge in [-0.2, -0.15) is 0 Å². The third-order valence-electron chi connectivity index (χ3n) is 2.48. The van der Waals surface area contributed by atoms with Crippen LogP contribution in [0.4, 0.5) is 0 Å². The van der Waals surface area contributed by atoms with E-state index < -0.39 is 0 Å². The minimum Gasteiger partial charge on any atom is -0.334 e. The van der Waals surface area contributed by atoms with E-state index in [9.17, 15) is 0 Å². The third kappa shape index (κ3) is 4.04. The Bertz CT molecular complexity index is 278. The quantitative estimate of drug-likeness (QED) is 0.776. The number of nitrogens with one attached hydrogen (secondary N) is 1. The van der Waals surface area contributed by atoms with Crippen LogP contribution in [0.15, 0.2) is 12.5 Å². The van der Waals surface area contributed by atoms with Gasteiger partial charge in [-0.05, 0) is 31.8 Å². The van der Waals surface area contributed by atoms with Crippen LogP contribution < -0.4 is 5.32 Å². The fraction of sp³-hybridized carbons (Fsp3) is 0.750. The Labute approximate surface area is 92.9 Å². The molecule has 1 N–H and O–H groups in total. The van der Waals surface area contributed by atoms with Gasteiger partial charge < -0.3 is 9.88 Å². The number of imidazole rings is 1. The summed E-state index contributed by atoms with van der Waals surface area (Å²) in [5.74, 6) is 1.34. The van der Waals surface area contributed by atoms with Crippen molar-refractivity contribution in [1.29, 1.82) is 0 Å². The lowest BCUT2D eigenvalue weighted by Crippen LogP contribution is -2.21. The van der Waals surface area contributed by atoms with Crippen LogP contribution in [0.1, 0.15) is 26.5 Å². The van der Waals surface area contributed by atoms with Gasteiger partial charge in [0.25, 0.3) is 0 Å². The van der Waals surface area contributed by atoms with E-state index in [1.165, 1.54) is 5.69 Å².